The molecule has 0 saturated heterocycles. The molecule has 0 unspecified atom stereocenters. The number of thiophene rings is 1. The lowest BCUT2D eigenvalue weighted by Gasteiger charge is -2.38. The highest BCUT2D eigenvalue weighted by Gasteiger charge is 2.36. The van der Waals surface area contributed by atoms with Crippen molar-refractivity contribution in [1.29, 1.82) is 0 Å². The van der Waals surface area contributed by atoms with Gasteiger partial charge in [-0.2, -0.15) is 0 Å². The molecule has 0 spiro atoms. The molecule has 0 radical (unpaired) electrons. The molecule has 19 heavy (non-hydrogen) atoms. The number of hydrogen-bond donors (Lipinski definition) is 2. The number of nitrogens with one attached hydrogen (secondary N) is 2. The third kappa shape index (κ3) is 3.18. The molecule has 0 aliphatic heterocycles. The number of sulfonamides is 1. The van der Waals surface area contributed by atoms with Crippen LogP contribution in [0.2, 0.25) is 0 Å². The standard InChI is InChI=1S/C13H20N2O2S2/c1-13(5-2-6-13)15-19(16,17)12-7-11(18-9-12)8-14-10-3-4-10/h7,9-10,14-15H,2-6,8H2,1H3. The zero-order valence-corrected chi connectivity index (χ0v) is 12.7. The summed E-state index contributed by atoms with van der Waals surface area (Å²) in [5.74, 6) is 0. The van der Waals surface area contributed by atoms with Crippen molar-refractivity contribution in [2.24, 2.45) is 0 Å². The highest BCUT2D eigenvalue weighted by atomic mass is 32.2. The Labute approximate surface area is 118 Å². The third-order valence-corrected chi connectivity index (χ3v) is 6.62. The van der Waals surface area contributed by atoms with E-state index in [-0.39, 0.29) is 5.54 Å². The van der Waals surface area contributed by atoms with Gasteiger partial charge in [-0.1, -0.05) is 0 Å². The fraction of sp³-hybridized carbons (Fsp3) is 0.692. The van der Waals surface area contributed by atoms with E-state index in [9.17, 15) is 8.42 Å². The molecule has 1 aromatic heterocycles. The summed E-state index contributed by atoms with van der Waals surface area (Å²) < 4.78 is 27.4. The minimum absolute atomic E-state index is 0.229. The van der Waals surface area contributed by atoms with E-state index in [4.69, 9.17) is 0 Å². The summed E-state index contributed by atoms with van der Waals surface area (Å²) in [5.41, 5.74) is -0.229. The molecule has 2 aliphatic rings. The van der Waals surface area contributed by atoms with Gasteiger partial charge in [0.2, 0.25) is 10.0 Å². The van der Waals surface area contributed by atoms with Crippen LogP contribution in [-0.2, 0) is 16.6 Å². The van der Waals surface area contributed by atoms with Gasteiger partial charge in [0, 0.05) is 28.4 Å². The van der Waals surface area contributed by atoms with E-state index in [0.29, 0.717) is 10.9 Å². The molecule has 1 heterocycles. The van der Waals surface area contributed by atoms with Gasteiger partial charge in [-0.05, 0) is 45.1 Å². The molecular weight excluding hydrogens is 280 g/mol. The van der Waals surface area contributed by atoms with E-state index >= 15 is 0 Å². The van der Waals surface area contributed by atoms with Crippen LogP contribution in [0.25, 0.3) is 0 Å². The first-order chi connectivity index (χ1) is 8.97. The zero-order valence-electron chi connectivity index (χ0n) is 11.1. The van der Waals surface area contributed by atoms with Crippen LogP contribution in [0.15, 0.2) is 16.3 Å². The summed E-state index contributed by atoms with van der Waals surface area (Å²) >= 11 is 1.52. The molecule has 2 fully saturated rings. The summed E-state index contributed by atoms with van der Waals surface area (Å²) in [6, 6.07) is 2.44. The largest absolute Gasteiger partial charge is 0.309 e. The maximum absolute atomic E-state index is 12.3. The first-order valence-electron chi connectivity index (χ1n) is 6.82. The van der Waals surface area contributed by atoms with Crippen molar-refractivity contribution >= 4 is 21.4 Å². The molecule has 0 aromatic carbocycles. The van der Waals surface area contributed by atoms with Gasteiger partial charge in [0.15, 0.2) is 0 Å². The topological polar surface area (TPSA) is 58.2 Å². The molecule has 0 atom stereocenters. The Morgan fingerprint density at radius 3 is 2.74 bits per heavy atom. The van der Waals surface area contributed by atoms with Crippen molar-refractivity contribution in [3.63, 3.8) is 0 Å². The van der Waals surface area contributed by atoms with Crippen LogP contribution in [-0.4, -0.2) is 20.0 Å². The van der Waals surface area contributed by atoms with Gasteiger partial charge < -0.3 is 5.32 Å². The Balaban J connectivity index is 1.66. The molecule has 4 nitrogen and oxygen atoms in total. The number of hydrogen-bond acceptors (Lipinski definition) is 4. The summed E-state index contributed by atoms with van der Waals surface area (Å²) in [7, 11) is -3.35. The first kappa shape index (κ1) is 13.5. The zero-order chi connectivity index (χ0) is 13.5. The molecule has 6 heteroatoms. The van der Waals surface area contributed by atoms with Crippen LogP contribution < -0.4 is 10.0 Å². The second kappa shape index (κ2) is 4.84. The third-order valence-electron chi connectivity index (χ3n) is 3.92. The molecule has 106 valence electrons. The van der Waals surface area contributed by atoms with Crippen LogP contribution in [0.4, 0.5) is 0 Å². The molecule has 3 rings (SSSR count). The molecule has 0 bridgehead atoms. The maximum atomic E-state index is 12.3. The highest BCUT2D eigenvalue weighted by molar-refractivity contribution is 7.89. The quantitative estimate of drug-likeness (QED) is 0.847. The van der Waals surface area contributed by atoms with Crippen LogP contribution in [0.5, 0.6) is 0 Å². The summed E-state index contributed by atoms with van der Waals surface area (Å²) in [6.07, 6.45) is 5.48. The van der Waals surface area contributed by atoms with E-state index in [0.717, 1.165) is 30.7 Å². The summed E-state index contributed by atoms with van der Waals surface area (Å²) in [6.45, 7) is 2.76. The van der Waals surface area contributed by atoms with Gasteiger partial charge in [0.1, 0.15) is 0 Å². The van der Waals surface area contributed by atoms with E-state index in [1.54, 1.807) is 11.4 Å². The van der Waals surface area contributed by atoms with Crippen molar-refractivity contribution in [2.45, 2.75) is 62.0 Å². The van der Waals surface area contributed by atoms with Crippen molar-refractivity contribution in [1.82, 2.24) is 10.0 Å². The maximum Gasteiger partial charge on any atom is 0.241 e. The molecular formula is C13H20N2O2S2. The van der Waals surface area contributed by atoms with Crippen molar-refractivity contribution < 1.29 is 8.42 Å². The van der Waals surface area contributed by atoms with E-state index in [2.05, 4.69) is 10.0 Å². The highest BCUT2D eigenvalue weighted by Crippen LogP contribution is 2.33. The minimum Gasteiger partial charge on any atom is -0.309 e. The van der Waals surface area contributed by atoms with E-state index in [1.807, 2.05) is 6.92 Å². The van der Waals surface area contributed by atoms with Crippen LogP contribution in [0, 0.1) is 0 Å². The summed E-state index contributed by atoms with van der Waals surface area (Å²) in [5, 5.41) is 5.15. The van der Waals surface area contributed by atoms with Crippen LogP contribution in [0.3, 0.4) is 0 Å². The van der Waals surface area contributed by atoms with Gasteiger partial charge in [-0.15, -0.1) is 11.3 Å². The Morgan fingerprint density at radius 2 is 2.16 bits per heavy atom. The van der Waals surface area contributed by atoms with Crippen molar-refractivity contribution in [2.75, 3.05) is 0 Å². The van der Waals surface area contributed by atoms with Gasteiger partial charge >= 0.3 is 0 Å². The van der Waals surface area contributed by atoms with Gasteiger partial charge in [0.05, 0.1) is 4.90 Å². The minimum atomic E-state index is -3.35. The second-order valence-corrected chi connectivity index (χ2v) is 8.60. The van der Waals surface area contributed by atoms with Gasteiger partial charge in [0.25, 0.3) is 0 Å². The predicted octanol–water partition coefficient (Wildman–Crippen LogP) is 2.22. The van der Waals surface area contributed by atoms with Gasteiger partial charge in [-0.25, -0.2) is 13.1 Å². The van der Waals surface area contributed by atoms with Crippen molar-refractivity contribution in [3.05, 3.63) is 16.3 Å². The molecule has 1 aromatic rings. The van der Waals surface area contributed by atoms with E-state index < -0.39 is 10.0 Å². The average molecular weight is 300 g/mol. The first-order valence-corrected chi connectivity index (χ1v) is 9.18. The van der Waals surface area contributed by atoms with E-state index in [1.165, 1.54) is 24.2 Å². The van der Waals surface area contributed by atoms with Crippen molar-refractivity contribution in [3.8, 4) is 0 Å². The normalized spacial score (nSPS) is 22.2. The molecule has 0 amide bonds. The monoisotopic (exact) mass is 300 g/mol. The Kier molecular flexibility index (Phi) is 3.45. The molecule has 2 N–H and O–H groups in total. The lowest BCUT2D eigenvalue weighted by atomic mass is 9.80. The SMILES string of the molecule is CC1(NS(=O)(=O)c2csc(CNC3CC3)c2)CCC1. The Hall–Kier alpha value is -0.430. The van der Waals surface area contributed by atoms with Crippen LogP contribution >= 0.6 is 11.3 Å². The number of rotatable bonds is 6. The smallest absolute Gasteiger partial charge is 0.241 e. The predicted molar refractivity (Wildman–Crippen MR) is 76.8 cm³/mol. The molecule has 2 aliphatic carbocycles. The Bertz CT molecular complexity index is 557. The average Bonchev–Trinajstić information content (AvgIpc) is 3.00. The fourth-order valence-electron chi connectivity index (χ4n) is 2.32. The second-order valence-electron chi connectivity index (χ2n) is 5.92. The molecule has 2 saturated carbocycles. The van der Waals surface area contributed by atoms with Gasteiger partial charge in [-0.3, -0.25) is 0 Å². The summed E-state index contributed by atoms with van der Waals surface area (Å²) in [4.78, 5) is 1.50. The lowest BCUT2D eigenvalue weighted by Crippen LogP contribution is -2.50. The van der Waals surface area contributed by atoms with Crippen LogP contribution in [0.1, 0.15) is 43.9 Å². The lowest BCUT2D eigenvalue weighted by molar-refractivity contribution is 0.248. The Morgan fingerprint density at radius 1 is 1.42 bits per heavy atom. The fourth-order valence-corrected chi connectivity index (χ4v) is 5.01.